The molecule has 4 nitrogen and oxygen atoms in total. The van der Waals surface area contributed by atoms with Gasteiger partial charge in [-0.3, -0.25) is 9.52 Å². The fourth-order valence-corrected chi connectivity index (χ4v) is 3.23. The second-order valence-corrected chi connectivity index (χ2v) is 6.94. The van der Waals surface area contributed by atoms with E-state index in [1.165, 1.54) is 0 Å². The van der Waals surface area contributed by atoms with Crippen LogP contribution in [0.25, 0.3) is 0 Å². The molecule has 1 aromatic carbocycles. The predicted octanol–water partition coefficient (Wildman–Crippen LogP) is 2.10. The lowest BCUT2D eigenvalue weighted by atomic mass is 9.95. The molecule has 1 fully saturated rings. The number of benzene rings is 1. The summed E-state index contributed by atoms with van der Waals surface area (Å²) in [5, 5.41) is 0.757. The van der Waals surface area contributed by atoms with E-state index in [1.54, 1.807) is 18.2 Å². The Kier molecular flexibility index (Phi) is 3.34. The zero-order valence-corrected chi connectivity index (χ0v) is 11.9. The number of sulfonamides is 1. The van der Waals surface area contributed by atoms with E-state index in [9.17, 15) is 13.2 Å². The summed E-state index contributed by atoms with van der Waals surface area (Å²) >= 11 is 12.1. The lowest BCUT2D eigenvalue weighted by molar-refractivity contribution is -0.121. The molecule has 0 bridgehead atoms. The van der Waals surface area contributed by atoms with Crippen molar-refractivity contribution in [1.29, 1.82) is 0 Å². The van der Waals surface area contributed by atoms with Gasteiger partial charge in [0.2, 0.25) is 15.9 Å². The lowest BCUT2D eigenvalue weighted by Crippen LogP contribution is -2.38. The second-order valence-electron chi connectivity index (χ2n) is 4.38. The van der Waals surface area contributed by atoms with Crippen LogP contribution in [0, 0.1) is 0 Å². The second kappa shape index (κ2) is 4.40. The smallest absolute Gasteiger partial charge is 0.244 e. The SMILES string of the molecule is CS(=O)(=O)NC(=O)C1(c2c(Cl)cccc2Cl)CC1. The minimum absolute atomic E-state index is 0.378. The normalized spacial score (nSPS) is 17.3. The van der Waals surface area contributed by atoms with E-state index in [0.717, 1.165) is 6.26 Å². The number of carbonyl (C=O) groups excluding carboxylic acids is 1. The summed E-state index contributed by atoms with van der Waals surface area (Å²) in [4.78, 5) is 12.0. The average molecular weight is 308 g/mol. The molecule has 0 saturated heterocycles. The first-order valence-electron chi connectivity index (χ1n) is 5.23. The van der Waals surface area contributed by atoms with E-state index in [0.29, 0.717) is 28.5 Å². The van der Waals surface area contributed by atoms with E-state index >= 15 is 0 Å². The third-order valence-corrected chi connectivity index (χ3v) is 4.09. The highest BCUT2D eigenvalue weighted by atomic mass is 35.5. The number of hydrogen-bond acceptors (Lipinski definition) is 3. The summed E-state index contributed by atoms with van der Waals surface area (Å²) in [7, 11) is -3.59. The van der Waals surface area contributed by atoms with Crippen molar-refractivity contribution in [3.05, 3.63) is 33.8 Å². The van der Waals surface area contributed by atoms with Gasteiger partial charge in [0.15, 0.2) is 0 Å². The monoisotopic (exact) mass is 307 g/mol. The molecule has 7 heteroatoms. The van der Waals surface area contributed by atoms with Crippen molar-refractivity contribution in [3.63, 3.8) is 0 Å². The zero-order chi connectivity index (χ0) is 13.6. The van der Waals surface area contributed by atoms with Crippen LogP contribution >= 0.6 is 23.2 Å². The van der Waals surface area contributed by atoms with Gasteiger partial charge in [-0.1, -0.05) is 29.3 Å². The Morgan fingerprint density at radius 1 is 1.28 bits per heavy atom. The molecule has 1 amide bonds. The van der Waals surface area contributed by atoms with E-state index in [-0.39, 0.29) is 0 Å². The first-order chi connectivity index (χ1) is 8.26. The molecule has 0 unspecified atom stereocenters. The number of nitrogens with one attached hydrogen (secondary N) is 1. The minimum atomic E-state index is -3.59. The lowest BCUT2D eigenvalue weighted by Gasteiger charge is -2.17. The summed E-state index contributed by atoms with van der Waals surface area (Å²) < 4.78 is 24.2. The van der Waals surface area contributed by atoms with Crippen LogP contribution in [0.15, 0.2) is 18.2 Å². The van der Waals surface area contributed by atoms with Gasteiger partial charge in [-0.05, 0) is 25.0 Å². The zero-order valence-electron chi connectivity index (χ0n) is 9.54. The fourth-order valence-electron chi connectivity index (χ4n) is 1.94. The topological polar surface area (TPSA) is 63.2 Å². The first-order valence-corrected chi connectivity index (χ1v) is 7.88. The van der Waals surface area contributed by atoms with Gasteiger partial charge in [-0.15, -0.1) is 0 Å². The third-order valence-electron chi connectivity index (χ3n) is 2.90. The van der Waals surface area contributed by atoms with E-state index in [2.05, 4.69) is 0 Å². The molecule has 18 heavy (non-hydrogen) atoms. The van der Waals surface area contributed by atoms with Crippen molar-refractivity contribution in [3.8, 4) is 0 Å². The molecule has 0 aromatic heterocycles. The molecule has 0 aliphatic heterocycles. The third kappa shape index (κ3) is 2.48. The standard InChI is InChI=1S/C11H11Cl2NO3S/c1-18(16,17)14-10(15)11(5-6-11)9-7(12)3-2-4-8(9)13/h2-4H,5-6H2,1H3,(H,14,15). The molecule has 0 spiro atoms. The quantitative estimate of drug-likeness (QED) is 0.930. The predicted molar refractivity (Wildman–Crippen MR) is 70.4 cm³/mol. The Bertz CT molecular complexity index is 588. The average Bonchev–Trinajstić information content (AvgIpc) is 2.96. The molecule has 2 rings (SSSR count). The summed E-state index contributed by atoms with van der Waals surface area (Å²) in [6, 6.07) is 4.95. The molecular formula is C11H11Cl2NO3S. The van der Waals surface area contributed by atoms with Gasteiger partial charge in [0.05, 0.1) is 11.7 Å². The molecular weight excluding hydrogens is 297 g/mol. The molecule has 0 heterocycles. The van der Waals surface area contributed by atoms with Crippen molar-refractivity contribution in [2.24, 2.45) is 0 Å². The maximum absolute atomic E-state index is 12.0. The van der Waals surface area contributed by atoms with Crippen molar-refractivity contribution in [1.82, 2.24) is 4.72 Å². The molecule has 1 aliphatic rings. The van der Waals surface area contributed by atoms with E-state index in [4.69, 9.17) is 23.2 Å². The first kappa shape index (κ1) is 13.6. The molecule has 0 radical (unpaired) electrons. The number of amides is 1. The van der Waals surface area contributed by atoms with Gasteiger partial charge in [0.1, 0.15) is 0 Å². The maximum Gasteiger partial charge on any atom is 0.244 e. The Hall–Kier alpha value is -0.780. The van der Waals surface area contributed by atoms with Gasteiger partial charge in [0, 0.05) is 15.6 Å². The van der Waals surface area contributed by atoms with Crippen molar-refractivity contribution in [2.75, 3.05) is 6.26 Å². The summed E-state index contributed by atoms with van der Waals surface area (Å²) in [5.74, 6) is -0.569. The summed E-state index contributed by atoms with van der Waals surface area (Å²) in [6.07, 6.45) is 2.02. The highest BCUT2D eigenvalue weighted by Crippen LogP contribution is 2.53. The van der Waals surface area contributed by atoms with Crippen molar-refractivity contribution >= 4 is 39.1 Å². The highest BCUT2D eigenvalue weighted by molar-refractivity contribution is 7.89. The number of carbonyl (C=O) groups is 1. The highest BCUT2D eigenvalue weighted by Gasteiger charge is 2.54. The van der Waals surface area contributed by atoms with Gasteiger partial charge in [0.25, 0.3) is 0 Å². The van der Waals surface area contributed by atoms with Gasteiger partial charge < -0.3 is 0 Å². The van der Waals surface area contributed by atoms with Crippen molar-refractivity contribution < 1.29 is 13.2 Å². The molecule has 1 N–H and O–H groups in total. The summed E-state index contributed by atoms with van der Waals surface area (Å²) in [5.41, 5.74) is -0.395. The Morgan fingerprint density at radius 2 is 1.78 bits per heavy atom. The summed E-state index contributed by atoms with van der Waals surface area (Å²) in [6.45, 7) is 0. The van der Waals surface area contributed by atoms with Crippen LogP contribution in [0.1, 0.15) is 18.4 Å². The van der Waals surface area contributed by atoms with Crippen LogP contribution in [-0.2, 0) is 20.2 Å². The number of hydrogen-bond donors (Lipinski definition) is 1. The largest absolute Gasteiger partial charge is 0.273 e. The number of rotatable bonds is 3. The van der Waals surface area contributed by atoms with Gasteiger partial charge in [-0.25, -0.2) is 8.42 Å². The van der Waals surface area contributed by atoms with Gasteiger partial charge in [-0.2, -0.15) is 0 Å². The van der Waals surface area contributed by atoms with Gasteiger partial charge >= 0.3 is 0 Å². The Morgan fingerprint density at radius 3 is 2.17 bits per heavy atom. The van der Waals surface area contributed by atoms with Crippen LogP contribution in [0.3, 0.4) is 0 Å². The van der Waals surface area contributed by atoms with Crippen LogP contribution in [-0.4, -0.2) is 20.6 Å². The van der Waals surface area contributed by atoms with Crippen LogP contribution < -0.4 is 4.72 Å². The molecule has 1 saturated carbocycles. The van der Waals surface area contributed by atoms with E-state index < -0.39 is 21.3 Å². The minimum Gasteiger partial charge on any atom is -0.273 e. The fraction of sp³-hybridized carbons (Fsp3) is 0.364. The van der Waals surface area contributed by atoms with Crippen LogP contribution in [0.4, 0.5) is 0 Å². The number of halogens is 2. The van der Waals surface area contributed by atoms with Crippen LogP contribution in [0.5, 0.6) is 0 Å². The van der Waals surface area contributed by atoms with Crippen LogP contribution in [0.2, 0.25) is 10.0 Å². The maximum atomic E-state index is 12.0. The Labute approximate surface area is 115 Å². The molecule has 0 atom stereocenters. The van der Waals surface area contributed by atoms with E-state index in [1.807, 2.05) is 4.72 Å². The van der Waals surface area contributed by atoms with Crippen molar-refractivity contribution in [2.45, 2.75) is 18.3 Å². The molecule has 1 aliphatic carbocycles. The Balaban J connectivity index is 2.41. The molecule has 1 aromatic rings. The molecule has 98 valence electrons.